The largest absolute Gasteiger partial charge is 0.317 e. The van der Waals surface area contributed by atoms with Crippen LogP contribution in [-0.4, -0.2) is 42.5 Å². The summed E-state index contributed by atoms with van der Waals surface area (Å²) < 4.78 is 30.5. The van der Waals surface area contributed by atoms with Gasteiger partial charge in [-0.05, 0) is 68.5 Å². The highest BCUT2D eigenvalue weighted by molar-refractivity contribution is 7.98. The number of hydrogen-bond acceptors (Lipinski definition) is 5. The molecular weight excluding hydrogens is 462 g/mol. The number of sulfonamides is 1. The van der Waals surface area contributed by atoms with Crippen molar-refractivity contribution in [2.24, 2.45) is 4.99 Å². The van der Waals surface area contributed by atoms with Gasteiger partial charge in [0.1, 0.15) is 0 Å². The van der Waals surface area contributed by atoms with Crippen molar-refractivity contribution in [3.8, 4) is 0 Å². The Morgan fingerprint density at radius 3 is 2.50 bits per heavy atom. The topological polar surface area (TPSA) is 71.7 Å². The number of thioether (sulfide) groups is 1. The lowest BCUT2D eigenvalue weighted by atomic mass is 10.2. The van der Waals surface area contributed by atoms with Gasteiger partial charge in [0, 0.05) is 30.1 Å². The first-order chi connectivity index (χ1) is 15.3. The third-order valence-electron chi connectivity index (χ3n) is 6.02. The van der Waals surface area contributed by atoms with Crippen molar-refractivity contribution in [3.63, 3.8) is 0 Å². The third-order valence-corrected chi connectivity index (χ3v) is 9.71. The highest BCUT2D eigenvalue weighted by Crippen LogP contribution is 2.27. The molecule has 170 valence electrons. The Morgan fingerprint density at radius 1 is 1.19 bits per heavy atom. The maximum absolute atomic E-state index is 12.9. The van der Waals surface area contributed by atoms with Crippen molar-refractivity contribution in [2.45, 2.75) is 55.0 Å². The van der Waals surface area contributed by atoms with E-state index in [0.717, 1.165) is 35.9 Å². The smallest absolute Gasteiger partial charge is 0.279 e. The number of rotatable bonds is 6. The number of thiazole rings is 1. The molecule has 1 fully saturated rings. The van der Waals surface area contributed by atoms with Crippen LogP contribution >= 0.6 is 23.1 Å². The van der Waals surface area contributed by atoms with E-state index in [4.69, 9.17) is 0 Å². The summed E-state index contributed by atoms with van der Waals surface area (Å²) in [4.78, 5) is 19.2. The molecule has 1 heterocycles. The summed E-state index contributed by atoms with van der Waals surface area (Å²) in [6, 6.07) is 12.4. The molecule has 0 saturated heterocycles. The number of aryl methyl sites for hydroxylation is 1. The number of carbonyl (C=O) groups is 1. The Balaban J connectivity index is 1.62. The van der Waals surface area contributed by atoms with E-state index in [1.54, 1.807) is 30.9 Å². The average molecular weight is 490 g/mol. The Bertz CT molecular complexity index is 1300. The van der Waals surface area contributed by atoms with E-state index in [1.807, 2.05) is 17.7 Å². The molecule has 0 bridgehead atoms. The van der Waals surface area contributed by atoms with Crippen molar-refractivity contribution >= 4 is 49.2 Å². The van der Waals surface area contributed by atoms with Crippen LogP contribution in [0.2, 0.25) is 0 Å². The summed E-state index contributed by atoms with van der Waals surface area (Å²) in [5.74, 6) is -0.378. The lowest BCUT2D eigenvalue weighted by Crippen LogP contribution is -2.35. The standard InChI is InChI=1S/C23H27N3O3S3/c1-4-26-20-14-11-18(30-3)15-21(20)31-23(26)24-22(27)16-9-12-19(13-10-16)32(28,29)25(2)17-7-5-6-8-17/h9-15,17H,4-8H2,1-3H3. The predicted molar refractivity (Wildman–Crippen MR) is 131 cm³/mol. The average Bonchev–Trinajstić information content (AvgIpc) is 3.45. The predicted octanol–water partition coefficient (Wildman–Crippen LogP) is 4.75. The summed E-state index contributed by atoms with van der Waals surface area (Å²) in [5.41, 5.74) is 1.43. The fourth-order valence-corrected chi connectivity index (χ4v) is 7.18. The van der Waals surface area contributed by atoms with Crippen LogP contribution < -0.4 is 4.80 Å². The van der Waals surface area contributed by atoms with E-state index in [2.05, 4.69) is 23.2 Å². The fourth-order valence-electron chi connectivity index (χ4n) is 4.12. The number of fused-ring (bicyclic) bond motifs is 1. The molecule has 0 spiro atoms. The molecule has 0 unspecified atom stereocenters. The lowest BCUT2D eigenvalue weighted by molar-refractivity contribution is 0.0997. The molecule has 1 aliphatic carbocycles. The normalized spacial score (nSPS) is 15.8. The SMILES string of the molecule is CCn1c(=NC(=O)c2ccc(S(=O)(=O)N(C)C3CCCC3)cc2)sc2cc(SC)ccc21. The second-order valence-electron chi connectivity index (χ2n) is 7.86. The van der Waals surface area contributed by atoms with Gasteiger partial charge >= 0.3 is 0 Å². The monoisotopic (exact) mass is 489 g/mol. The van der Waals surface area contributed by atoms with E-state index < -0.39 is 10.0 Å². The highest BCUT2D eigenvalue weighted by atomic mass is 32.2. The van der Waals surface area contributed by atoms with E-state index in [9.17, 15) is 13.2 Å². The molecule has 0 radical (unpaired) electrons. The van der Waals surface area contributed by atoms with Crippen LogP contribution in [0.3, 0.4) is 0 Å². The highest BCUT2D eigenvalue weighted by Gasteiger charge is 2.30. The van der Waals surface area contributed by atoms with Crippen LogP contribution in [0.5, 0.6) is 0 Å². The molecule has 1 amide bonds. The summed E-state index contributed by atoms with van der Waals surface area (Å²) in [6.07, 6.45) is 5.96. The van der Waals surface area contributed by atoms with Gasteiger partial charge in [-0.15, -0.1) is 11.8 Å². The third kappa shape index (κ3) is 4.44. The first kappa shape index (κ1) is 23.2. The summed E-state index contributed by atoms with van der Waals surface area (Å²) >= 11 is 3.16. The summed E-state index contributed by atoms with van der Waals surface area (Å²) in [5, 5.41) is 0. The minimum Gasteiger partial charge on any atom is -0.317 e. The quantitative estimate of drug-likeness (QED) is 0.469. The molecule has 6 nitrogen and oxygen atoms in total. The molecule has 0 atom stereocenters. The Morgan fingerprint density at radius 2 is 1.88 bits per heavy atom. The van der Waals surface area contributed by atoms with Crippen molar-refractivity contribution in [1.29, 1.82) is 0 Å². The van der Waals surface area contributed by atoms with Gasteiger partial charge in [0.25, 0.3) is 5.91 Å². The van der Waals surface area contributed by atoms with Gasteiger partial charge in [-0.2, -0.15) is 9.30 Å². The number of aromatic nitrogens is 1. The molecule has 2 aromatic carbocycles. The van der Waals surface area contributed by atoms with Crippen LogP contribution in [0.4, 0.5) is 0 Å². The number of amides is 1. The summed E-state index contributed by atoms with van der Waals surface area (Å²) in [7, 11) is -1.93. The van der Waals surface area contributed by atoms with E-state index in [1.165, 1.54) is 32.7 Å². The zero-order chi connectivity index (χ0) is 22.9. The van der Waals surface area contributed by atoms with Crippen LogP contribution in [0.1, 0.15) is 43.0 Å². The Kier molecular flexibility index (Phi) is 6.90. The minimum atomic E-state index is -3.57. The maximum atomic E-state index is 12.9. The van der Waals surface area contributed by atoms with Gasteiger partial charge in [0.05, 0.1) is 15.1 Å². The second kappa shape index (κ2) is 9.51. The zero-order valence-corrected chi connectivity index (χ0v) is 20.9. The molecule has 9 heteroatoms. The Labute approximate surface area is 197 Å². The van der Waals surface area contributed by atoms with E-state index in [0.29, 0.717) is 16.9 Å². The number of carbonyl (C=O) groups excluding carboxylic acids is 1. The first-order valence-electron chi connectivity index (χ1n) is 10.7. The zero-order valence-electron chi connectivity index (χ0n) is 18.4. The van der Waals surface area contributed by atoms with Gasteiger partial charge in [0.15, 0.2) is 4.80 Å². The first-order valence-corrected chi connectivity index (χ1v) is 14.2. The molecule has 3 aromatic rings. The fraction of sp³-hybridized carbons (Fsp3) is 0.391. The second-order valence-corrected chi connectivity index (χ2v) is 11.7. The minimum absolute atomic E-state index is 0.0559. The lowest BCUT2D eigenvalue weighted by Gasteiger charge is -2.23. The van der Waals surface area contributed by atoms with Crippen LogP contribution in [0.25, 0.3) is 10.2 Å². The van der Waals surface area contributed by atoms with Gasteiger partial charge < -0.3 is 4.57 Å². The molecule has 0 aliphatic heterocycles. The van der Waals surface area contributed by atoms with Crippen LogP contribution in [0.15, 0.2) is 57.2 Å². The molecule has 0 N–H and O–H groups in total. The molecule has 1 saturated carbocycles. The van der Waals surface area contributed by atoms with E-state index >= 15 is 0 Å². The molecule has 1 aromatic heterocycles. The molecule has 4 rings (SSSR count). The van der Waals surface area contributed by atoms with E-state index in [-0.39, 0.29) is 16.8 Å². The van der Waals surface area contributed by atoms with Crippen LogP contribution in [-0.2, 0) is 16.6 Å². The molecular formula is C23H27N3O3S3. The van der Waals surface area contributed by atoms with Crippen LogP contribution in [0, 0.1) is 0 Å². The van der Waals surface area contributed by atoms with Gasteiger partial charge in [-0.3, -0.25) is 4.79 Å². The van der Waals surface area contributed by atoms with Crippen molar-refractivity contribution in [3.05, 3.63) is 52.8 Å². The number of benzene rings is 2. The molecule has 1 aliphatic rings. The van der Waals surface area contributed by atoms with Crippen molar-refractivity contribution in [2.75, 3.05) is 13.3 Å². The van der Waals surface area contributed by atoms with Gasteiger partial charge in [-0.1, -0.05) is 24.2 Å². The Hall–Kier alpha value is -1.94. The van der Waals surface area contributed by atoms with Crippen molar-refractivity contribution < 1.29 is 13.2 Å². The number of nitrogens with zero attached hydrogens (tertiary/aromatic N) is 3. The van der Waals surface area contributed by atoms with Crippen molar-refractivity contribution in [1.82, 2.24) is 8.87 Å². The number of hydrogen-bond donors (Lipinski definition) is 0. The van der Waals surface area contributed by atoms with Gasteiger partial charge in [-0.25, -0.2) is 8.42 Å². The molecule has 32 heavy (non-hydrogen) atoms. The van der Waals surface area contributed by atoms with Gasteiger partial charge in [0.2, 0.25) is 10.0 Å². The summed E-state index contributed by atoms with van der Waals surface area (Å²) in [6.45, 7) is 2.73. The maximum Gasteiger partial charge on any atom is 0.279 e.